The number of furan rings is 1. The van der Waals surface area contributed by atoms with Crippen molar-refractivity contribution in [3.05, 3.63) is 158 Å². The first-order valence-corrected chi connectivity index (χ1v) is 16.8. The van der Waals surface area contributed by atoms with Crippen LogP contribution in [0.1, 0.15) is 0 Å². The zero-order valence-corrected chi connectivity index (χ0v) is 26.7. The van der Waals surface area contributed by atoms with Crippen LogP contribution >= 0.6 is 0 Å². The second-order valence-corrected chi connectivity index (χ2v) is 12.8. The van der Waals surface area contributed by atoms with Gasteiger partial charge in [0.2, 0.25) is 5.95 Å². The lowest BCUT2D eigenvalue weighted by atomic mass is 9.95. The van der Waals surface area contributed by atoms with E-state index in [9.17, 15) is 0 Å². The quantitative estimate of drug-likeness (QED) is 0.180. The van der Waals surface area contributed by atoms with Crippen LogP contribution in [0.4, 0.5) is 0 Å². The number of fused-ring (bicyclic) bond motifs is 6. The molecule has 0 unspecified atom stereocenters. The van der Waals surface area contributed by atoms with Crippen molar-refractivity contribution >= 4 is 65.3 Å². The Balaban J connectivity index is 1.22. The third-order valence-corrected chi connectivity index (χ3v) is 10.0. The highest BCUT2D eigenvalue weighted by molar-refractivity contribution is 6.34. The normalized spacial score (nSPS) is 12.0. The summed E-state index contributed by atoms with van der Waals surface area (Å²) in [5, 5.41) is 9.39. The summed E-state index contributed by atoms with van der Waals surface area (Å²) in [5.74, 6) is 1.77. The monoisotopic (exact) mass is 638 g/mol. The van der Waals surface area contributed by atoms with Gasteiger partial charge in [0, 0.05) is 32.7 Å². The molecule has 50 heavy (non-hydrogen) atoms. The molecule has 0 aliphatic rings. The average molecular weight is 639 g/mol. The molecule has 0 N–H and O–H groups in total. The maximum absolute atomic E-state index is 6.29. The Morgan fingerprint density at radius 2 is 0.900 bits per heavy atom. The Bertz CT molecular complexity index is 3000. The fourth-order valence-electron chi connectivity index (χ4n) is 7.84. The minimum absolute atomic E-state index is 0.571. The van der Waals surface area contributed by atoms with Crippen molar-refractivity contribution in [1.29, 1.82) is 0 Å². The minimum Gasteiger partial charge on any atom is -0.456 e. The molecule has 0 atom stereocenters. The van der Waals surface area contributed by atoms with Crippen LogP contribution in [0.15, 0.2) is 162 Å². The number of aromatic nitrogens is 4. The van der Waals surface area contributed by atoms with Crippen molar-refractivity contribution in [3.8, 4) is 39.9 Å². The molecule has 8 aromatic carbocycles. The molecule has 0 aliphatic carbocycles. The van der Waals surface area contributed by atoms with Crippen LogP contribution in [-0.2, 0) is 0 Å². The zero-order valence-electron chi connectivity index (χ0n) is 26.7. The van der Waals surface area contributed by atoms with Gasteiger partial charge in [0.1, 0.15) is 11.2 Å². The molecule has 0 fully saturated rings. The van der Waals surface area contributed by atoms with Crippen LogP contribution < -0.4 is 0 Å². The summed E-state index contributed by atoms with van der Waals surface area (Å²) in [6, 6.07) is 54.9. The standard InChI is InChI=1S/C45H26N4O/c1-2-11-27(12-3-1)28-23-25-29(26-24-28)43-46-44(35-18-10-22-39-40(35)34-15-6-7-21-38(34)50-39)48-45(47-43)49-36-19-8-16-32-30-13-4-5-14-31(30)33-17-9-20-37(49)42(33)41(32)36/h1-26H. The zero-order chi connectivity index (χ0) is 32.8. The van der Waals surface area contributed by atoms with Gasteiger partial charge in [0.05, 0.1) is 11.0 Å². The van der Waals surface area contributed by atoms with Crippen LogP contribution in [0.5, 0.6) is 0 Å². The molecule has 0 saturated heterocycles. The maximum atomic E-state index is 6.29. The molecule has 3 aromatic heterocycles. The molecule has 0 saturated carbocycles. The lowest BCUT2D eigenvalue weighted by Crippen LogP contribution is -2.06. The molecule has 3 heterocycles. The van der Waals surface area contributed by atoms with Gasteiger partial charge in [-0.15, -0.1) is 0 Å². The molecule has 5 nitrogen and oxygen atoms in total. The molecule has 11 rings (SSSR count). The molecule has 0 spiro atoms. The number of hydrogen-bond acceptors (Lipinski definition) is 4. The summed E-state index contributed by atoms with van der Waals surface area (Å²) in [6.07, 6.45) is 0. The van der Waals surface area contributed by atoms with Gasteiger partial charge in [0.25, 0.3) is 0 Å². The average Bonchev–Trinajstić information content (AvgIpc) is 3.74. The third-order valence-electron chi connectivity index (χ3n) is 10.0. The van der Waals surface area contributed by atoms with Gasteiger partial charge < -0.3 is 4.42 Å². The molecule has 11 aromatic rings. The number of nitrogens with zero attached hydrogens (tertiary/aromatic N) is 4. The van der Waals surface area contributed by atoms with Crippen molar-refractivity contribution in [1.82, 2.24) is 19.5 Å². The van der Waals surface area contributed by atoms with Crippen LogP contribution in [-0.4, -0.2) is 19.5 Å². The van der Waals surface area contributed by atoms with Gasteiger partial charge in [-0.1, -0.05) is 133 Å². The number of benzene rings is 8. The molecular weight excluding hydrogens is 613 g/mol. The number of rotatable bonds is 4. The summed E-state index contributed by atoms with van der Waals surface area (Å²) in [4.78, 5) is 15.7. The second kappa shape index (κ2) is 10.3. The third kappa shape index (κ3) is 3.86. The van der Waals surface area contributed by atoms with Gasteiger partial charge in [-0.25, -0.2) is 4.98 Å². The maximum Gasteiger partial charge on any atom is 0.238 e. The van der Waals surface area contributed by atoms with Crippen molar-refractivity contribution in [3.63, 3.8) is 0 Å². The summed E-state index contributed by atoms with van der Waals surface area (Å²) in [7, 11) is 0. The molecule has 0 radical (unpaired) electrons. The van der Waals surface area contributed by atoms with Crippen molar-refractivity contribution < 1.29 is 4.42 Å². The van der Waals surface area contributed by atoms with E-state index in [-0.39, 0.29) is 0 Å². The topological polar surface area (TPSA) is 56.7 Å². The molecule has 0 amide bonds. The van der Waals surface area contributed by atoms with Crippen LogP contribution in [0, 0.1) is 0 Å². The Kier molecular flexibility index (Phi) is 5.60. The van der Waals surface area contributed by atoms with E-state index in [2.05, 4.69) is 126 Å². The van der Waals surface area contributed by atoms with Crippen LogP contribution in [0.3, 0.4) is 0 Å². The highest BCUT2D eigenvalue weighted by Gasteiger charge is 2.23. The van der Waals surface area contributed by atoms with E-state index in [0.717, 1.165) is 55.2 Å². The van der Waals surface area contributed by atoms with Gasteiger partial charge in [-0.05, 0) is 56.9 Å². The number of hydrogen-bond donors (Lipinski definition) is 0. The highest BCUT2D eigenvalue weighted by atomic mass is 16.3. The minimum atomic E-state index is 0.571. The Morgan fingerprint density at radius 1 is 0.360 bits per heavy atom. The smallest absolute Gasteiger partial charge is 0.238 e. The van der Waals surface area contributed by atoms with Gasteiger partial charge in [-0.3, -0.25) is 4.57 Å². The van der Waals surface area contributed by atoms with Gasteiger partial charge in [-0.2, -0.15) is 9.97 Å². The summed E-state index contributed by atoms with van der Waals surface area (Å²) in [6.45, 7) is 0. The van der Waals surface area contributed by atoms with E-state index in [0.29, 0.717) is 17.6 Å². The van der Waals surface area contributed by atoms with E-state index in [4.69, 9.17) is 19.4 Å². The van der Waals surface area contributed by atoms with E-state index >= 15 is 0 Å². The number of para-hydroxylation sites is 1. The Morgan fingerprint density at radius 3 is 1.62 bits per heavy atom. The molecular formula is C45H26N4O. The van der Waals surface area contributed by atoms with Crippen LogP contribution in [0.25, 0.3) is 105 Å². The molecule has 5 heteroatoms. The fourth-order valence-corrected chi connectivity index (χ4v) is 7.84. The summed E-state index contributed by atoms with van der Waals surface area (Å²) in [5.41, 5.74) is 7.88. The summed E-state index contributed by atoms with van der Waals surface area (Å²) >= 11 is 0. The first-order chi connectivity index (χ1) is 24.8. The SMILES string of the molecule is c1ccc(-c2ccc(-c3nc(-c4cccc5oc6ccccc6c45)nc(-n4c5cccc6c7ccccc7c7cccc4c7c65)n3)cc2)cc1. The van der Waals surface area contributed by atoms with Crippen molar-refractivity contribution in [2.45, 2.75) is 0 Å². The second-order valence-electron chi connectivity index (χ2n) is 12.8. The first-order valence-electron chi connectivity index (χ1n) is 16.8. The predicted octanol–water partition coefficient (Wildman–Crippen LogP) is 11.6. The largest absolute Gasteiger partial charge is 0.456 e. The lowest BCUT2D eigenvalue weighted by Gasteiger charge is -2.12. The Labute approximate surface area is 286 Å². The Hall–Kier alpha value is -6.85. The van der Waals surface area contributed by atoms with Crippen molar-refractivity contribution in [2.24, 2.45) is 0 Å². The molecule has 0 aliphatic heterocycles. The van der Waals surface area contributed by atoms with E-state index in [1.54, 1.807) is 0 Å². The summed E-state index contributed by atoms with van der Waals surface area (Å²) < 4.78 is 8.50. The predicted molar refractivity (Wildman–Crippen MR) is 204 cm³/mol. The van der Waals surface area contributed by atoms with E-state index in [1.807, 2.05) is 36.4 Å². The fraction of sp³-hybridized carbons (Fsp3) is 0. The van der Waals surface area contributed by atoms with Gasteiger partial charge >= 0.3 is 0 Å². The first kappa shape index (κ1) is 27.1. The van der Waals surface area contributed by atoms with E-state index in [1.165, 1.54) is 32.3 Å². The van der Waals surface area contributed by atoms with Crippen LogP contribution in [0.2, 0.25) is 0 Å². The lowest BCUT2D eigenvalue weighted by molar-refractivity contribution is 0.669. The molecule has 0 bridgehead atoms. The van der Waals surface area contributed by atoms with Gasteiger partial charge in [0.15, 0.2) is 11.6 Å². The van der Waals surface area contributed by atoms with E-state index < -0.39 is 0 Å². The molecule has 232 valence electrons. The highest BCUT2D eigenvalue weighted by Crippen LogP contribution is 2.43. The van der Waals surface area contributed by atoms with Crippen molar-refractivity contribution in [2.75, 3.05) is 0 Å².